The van der Waals surface area contributed by atoms with Crippen molar-refractivity contribution in [2.45, 2.75) is 38.3 Å². The maximum Gasteiger partial charge on any atom is 0.251 e. The number of anilines is 1. The molecule has 0 atom stereocenters. The average molecular weight is 407 g/mol. The van der Waals surface area contributed by atoms with Crippen LogP contribution in [0.25, 0.3) is 0 Å². The van der Waals surface area contributed by atoms with E-state index in [2.05, 4.69) is 5.32 Å². The molecule has 1 aliphatic carbocycles. The summed E-state index contributed by atoms with van der Waals surface area (Å²) in [6, 6.07) is 14.0. The molecule has 1 fully saturated rings. The Morgan fingerprint density at radius 3 is 2.33 bits per heavy atom. The van der Waals surface area contributed by atoms with E-state index in [4.69, 9.17) is 11.6 Å². The van der Waals surface area contributed by atoms with Crippen molar-refractivity contribution in [3.8, 4) is 0 Å². The highest BCUT2D eigenvalue weighted by Gasteiger charge is 2.21. The Morgan fingerprint density at radius 2 is 1.74 bits per heavy atom. The second-order valence-corrected chi connectivity index (χ2v) is 9.18. The van der Waals surface area contributed by atoms with E-state index in [-0.39, 0.29) is 18.5 Å². The largest absolute Gasteiger partial charge is 0.349 e. The van der Waals surface area contributed by atoms with Gasteiger partial charge in [-0.05, 0) is 48.7 Å². The SMILES string of the molecule is CS(=O)(=O)N(Cc1ccccc1Cl)c1ccc(C(=O)NC2CCCC2)cc1. The molecule has 0 aromatic heterocycles. The van der Waals surface area contributed by atoms with Crippen LogP contribution in [0.3, 0.4) is 0 Å². The van der Waals surface area contributed by atoms with E-state index in [1.165, 1.54) is 4.31 Å². The van der Waals surface area contributed by atoms with Crippen molar-refractivity contribution >= 4 is 33.2 Å². The first kappa shape index (κ1) is 19.7. The van der Waals surface area contributed by atoms with Crippen LogP contribution in [-0.2, 0) is 16.6 Å². The predicted octanol–water partition coefficient (Wildman–Crippen LogP) is 3.98. The number of halogens is 1. The van der Waals surface area contributed by atoms with Gasteiger partial charge in [0.25, 0.3) is 5.91 Å². The lowest BCUT2D eigenvalue weighted by molar-refractivity contribution is 0.0938. The number of nitrogens with zero attached hydrogens (tertiary/aromatic N) is 1. The van der Waals surface area contributed by atoms with Gasteiger partial charge in [-0.2, -0.15) is 0 Å². The summed E-state index contributed by atoms with van der Waals surface area (Å²) >= 11 is 6.18. The van der Waals surface area contributed by atoms with Crippen LogP contribution in [0.4, 0.5) is 5.69 Å². The summed E-state index contributed by atoms with van der Waals surface area (Å²) < 4.78 is 25.9. The van der Waals surface area contributed by atoms with Crippen LogP contribution in [0.5, 0.6) is 0 Å². The smallest absolute Gasteiger partial charge is 0.251 e. The zero-order chi connectivity index (χ0) is 19.4. The van der Waals surface area contributed by atoms with Crippen molar-refractivity contribution in [2.75, 3.05) is 10.6 Å². The maximum atomic E-state index is 12.4. The number of benzene rings is 2. The monoisotopic (exact) mass is 406 g/mol. The average Bonchev–Trinajstić information content (AvgIpc) is 3.13. The lowest BCUT2D eigenvalue weighted by Gasteiger charge is -2.23. The Bertz CT molecular complexity index is 907. The van der Waals surface area contributed by atoms with E-state index >= 15 is 0 Å². The minimum atomic E-state index is -3.51. The minimum absolute atomic E-state index is 0.120. The molecule has 7 heteroatoms. The van der Waals surface area contributed by atoms with Gasteiger partial charge in [-0.3, -0.25) is 9.10 Å². The fourth-order valence-electron chi connectivity index (χ4n) is 3.30. The van der Waals surface area contributed by atoms with Crippen LogP contribution in [0.2, 0.25) is 5.02 Å². The van der Waals surface area contributed by atoms with Gasteiger partial charge in [-0.1, -0.05) is 42.6 Å². The summed E-state index contributed by atoms with van der Waals surface area (Å²) in [4.78, 5) is 12.4. The number of rotatable bonds is 6. The minimum Gasteiger partial charge on any atom is -0.349 e. The molecule has 0 aliphatic heterocycles. The second-order valence-electron chi connectivity index (χ2n) is 6.86. The molecule has 0 bridgehead atoms. The first-order valence-corrected chi connectivity index (χ1v) is 11.2. The second kappa shape index (κ2) is 8.31. The zero-order valence-electron chi connectivity index (χ0n) is 15.2. The first-order valence-electron chi connectivity index (χ1n) is 8.96. The lowest BCUT2D eigenvalue weighted by atomic mass is 10.1. The molecule has 0 radical (unpaired) electrons. The molecule has 2 aromatic carbocycles. The number of nitrogens with one attached hydrogen (secondary N) is 1. The van der Waals surface area contributed by atoms with E-state index in [1.807, 2.05) is 6.07 Å². The standard InChI is InChI=1S/C20H23ClN2O3S/c1-27(25,26)23(14-16-6-2-5-9-19(16)21)18-12-10-15(11-13-18)20(24)22-17-7-3-4-8-17/h2,5-6,9-13,17H,3-4,7-8,14H2,1H3,(H,22,24). The summed E-state index contributed by atoms with van der Waals surface area (Å²) in [6.45, 7) is 0.131. The molecule has 0 heterocycles. The molecule has 27 heavy (non-hydrogen) atoms. The van der Waals surface area contributed by atoms with Gasteiger partial charge in [0.05, 0.1) is 18.5 Å². The summed E-state index contributed by atoms with van der Waals surface area (Å²) in [5, 5.41) is 3.55. The fourth-order valence-corrected chi connectivity index (χ4v) is 4.37. The lowest BCUT2D eigenvalue weighted by Crippen LogP contribution is -2.32. The molecule has 1 saturated carbocycles. The van der Waals surface area contributed by atoms with Gasteiger partial charge in [0, 0.05) is 16.6 Å². The van der Waals surface area contributed by atoms with Crippen molar-refractivity contribution in [2.24, 2.45) is 0 Å². The summed E-state index contributed by atoms with van der Waals surface area (Å²) in [5.74, 6) is -0.120. The normalized spacial score (nSPS) is 14.9. The van der Waals surface area contributed by atoms with Crippen LogP contribution >= 0.6 is 11.6 Å². The quantitative estimate of drug-likeness (QED) is 0.789. The molecule has 0 unspecified atom stereocenters. The molecule has 144 valence electrons. The number of amides is 1. The van der Waals surface area contributed by atoms with Crippen molar-refractivity contribution in [3.05, 3.63) is 64.7 Å². The highest BCUT2D eigenvalue weighted by molar-refractivity contribution is 7.92. The third-order valence-corrected chi connectivity index (χ3v) is 6.29. The van der Waals surface area contributed by atoms with Crippen molar-refractivity contribution in [3.63, 3.8) is 0 Å². The molecule has 1 amide bonds. The summed E-state index contributed by atoms with van der Waals surface area (Å²) in [5.41, 5.74) is 1.74. The topological polar surface area (TPSA) is 66.5 Å². The Morgan fingerprint density at radius 1 is 1.11 bits per heavy atom. The molecule has 0 spiro atoms. The van der Waals surface area contributed by atoms with Gasteiger partial charge >= 0.3 is 0 Å². The number of carbonyl (C=O) groups excluding carboxylic acids is 1. The molecular weight excluding hydrogens is 384 g/mol. The molecule has 3 rings (SSSR count). The van der Waals surface area contributed by atoms with Crippen LogP contribution in [0.1, 0.15) is 41.6 Å². The molecule has 1 N–H and O–H groups in total. The Balaban J connectivity index is 1.79. The van der Waals surface area contributed by atoms with Crippen LogP contribution in [-0.4, -0.2) is 26.6 Å². The van der Waals surface area contributed by atoms with Crippen LogP contribution < -0.4 is 9.62 Å². The van der Waals surface area contributed by atoms with Gasteiger partial charge in [0.2, 0.25) is 10.0 Å². The number of hydrogen-bond donors (Lipinski definition) is 1. The van der Waals surface area contributed by atoms with Gasteiger partial charge in [0.1, 0.15) is 0 Å². The van der Waals surface area contributed by atoms with E-state index < -0.39 is 10.0 Å². The number of carbonyl (C=O) groups is 1. The van der Waals surface area contributed by atoms with Gasteiger partial charge < -0.3 is 5.32 Å². The molecule has 5 nitrogen and oxygen atoms in total. The number of sulfonamides is 1. The zero-order valence-corrected chi connectivity index (χ0v) is 16.8. The van der Waals surface area contributed by atoms with Crippen molar-refractivity contribution < 1.29 is 13.2 Å². The van der Waals surface area contributed by atoms with Gasteiger partial charge in [-0.25, -0.2) is 8.42 Å². The number of hydrogen-bond acceptors (Lipinski definition) is 3. The van der Waals surface area contributed by atoms with E-state index in [0.717, 1.165) is 31.9 Å². The highest BCUT2D eigenvalue weighted by Crippen LogP contribution is 2.25. The van der Waals surface area contributed by atoms with Crippen LogP contribution in [0, 0.1) is 0 Å². The Hall–Kier alpha value is -2.05. The van der Waals surface area contributed by atoms with E-state index in [1.54, 1.807) is 42.5 Å². The predicted molar refractivity (Wildman–Crippen MR) is 109 cm³/mol. The molecular formula is C20H23ClN2O3S. The third kappa shape index (κ3) is 5.02. The Kier molecular flexibility index (Phi) is 6.07. The van der Waals surface area contributed by atoms with E-state index in [9.17, 15) is 13.2 Å². The summed E-state index contributed by atoms with van der Waals surface area (Å²) in [7, 11) is -3.51. The summed E-state index contributed by atoms with van der Waals surface area (Å²) in [6.07, 6.45) is 5.49. The molecule has 0 saturated heterocycles. The molecule has 2 aromatic rings. The fraction of sp³-hybridized carbons (Fsp3) is 0.350. The molecule has 1 aliphatic rings. The highest BCUT2D eigenvalue weighted by atomic mass is 35.5. The van der Waals surface area contributed by atoms with Gasteiger partial charge in [-0.15, -0.1) is 0 Å². The van der Waals surface area contributed by atoms with Crippen molar-refractivity contribution in [1.29, 1.82) is 0 Å². The Labute approximate surface area is 165 Å². The third-order valence-electron chi connectivity index (χ3n) is 4.78. The van der Waals surface area contributed by atoms with E-state index in [0.29, 0.717) is 21.8 Å². The van der Waals surface area contributed by atoms with Crippen LogP contribution in [0.15, 0.2) is 48.5 Å². The van der Waals surface area contributed by atoms with Crippen molar-refractivity contribution in [1.82, 2.24) is 5.32 Å². The maximum absolute atomic E-state index is 12.4. The first-order chi connectivity index (χ1) is 12.8. The van der Waals surface area contributed by atoms with Gasteiger partial charge in [0.15, 0.2) is 0 Å².